The Balaban J connectivity index is 2.23. The summed E-state index contributed by atoms with van der Waals surface area (Å²) in [6.45, 7) is 0. The lowest BCUT2D eigenvalue weighted by Crippen LogP contribution is -2.04. The predicted octanol–water partition coefficient (Wildman–Crippen LogP) is 3.07. The average molecular weight is 267 g/mol. The minimum absolute atomic E-state index is 0.136. The molecule has 0 heterocycles. The van der Waals surface area contributed by atoms with Crippen LogP contribution in [0.5, 0.6) is 11.5 Å². The molecule has 0 saturated carbocycles. The van der Waals surface area contributed by atoms with Gasteiger partial charge in [-0.3, -0.25) is 4.79 Å². The molecule has 0 aliphatic heterocycles. The molecule has 0 unspecified atom stereocenters. The fraction of sp³-hybridized carbons (Fsp3) is 0.125. The Labute approximate surface area is 117 Å². The number of para-hydroxylation sites is 1. The molecule has 0 aliphatic rings. The number of nitriles is 1. The third-order valence-electron chi connectivity index (χ3n) is 2.71. The van der Waals surface area contributed by atoms with Gasteiger partial charge in [0, 0.05) is 0 Å². The van der Waals surface area contributed by atoms with Gasteiger partial charge in [0.25, 0.3) is 0 Å². The van der Waals surface area contributed by atoms with Crippen LogP contribution in [0.4, 0.5) is 0 Å². The Kier molecular flexibility index (Phi) is 4.35. The maximum absolute atomic E-state index is 11.2. The fourth-order valence-electron chi connectivity index (χ4n) is 1.72. The minimum atomic E-state index is -0.342. The molecule has 0 atom stereocenters. The summed E-state index contributed by atoms with van der Waals surface area (Å²) in [7, 11) is 1.33. The molecule has 4 heteroatoms. The van der Waals surface area contributed by atoms with E-state index >= 15 is 0 Å². The van der Waals surface area contributed by atoms with Crippen LogP contribution in [0, 0.1) is 11.3 Å². The molecule has 0 saturated heterocycles. The molecule has 0 fully saturated rings. The molecule has 0 spiro atoms. The van der Waals surface area contributed by atoms with Crippen LogP contribution >= 0.6 is 0 Å². The van der Waals surface area contributed by atoms with Crippen LogP contribution in [0.15, 0.2) is 48.5 Å². The Hall–Kier alpha value is -2.80. The molecule has 0 radical (unpaired) electrons. The molecule has 4 nitrogen and oxygen atoms in total. The number of nitrogens with zero attached hydrogens (tertiary/aromatic N) is 1. The zero-order valence-electron chi connectivity index (χ0n) is 11.0. The van der Waals surface area contributed by atoms with E-state index in [9.17, 15) is 4.79 Å². The first-order chi connectivity index (χ1) is 9.72. The van der Waals surface area contributed by atoms with Crippen molar-refractivity contribution in [1.82, 2.24) is 0 Å². The molecule has 2 aromatic carbocycles. The number of hydrogen-bond donors (Lipinski definition) is 0. The predicted molar refractivity (Wildman–Crippen MR) is 73.4 cm³/mol. The van der Waals surface area contributed by atoms with E-state index in [2.05, 4.69) is 10.8 Å². The van der Waals surface area contributed by atoms with Gasteiger partial charge in [-0.25, -0.2) is 0 Å². The lowest BCUT2D eigenvalue weighted by atomic mass is 10.1. The maximum Gasteiger partial charge on any atom is 0.309 e. The summed E-state index contributed by atoms with van der Waals surface area (Å²) < 4.78 is 10.2. The topological polar surface area (TPSA) is 59.3 Å². The summed E-state index contributed by atoms with van der Waals surface area (Å²) in [6, 6.07) is 16.3. The molecule has 0 N–H and O–H groups in total. The first kappa shape index (κ1) is 13.6. The number of carbonyl (C=O) groups is 1. The van der Waals surface area contributed by atoms with Crippen molar-refractivity contribution in [2.75, 3.05) is 7.11 Å². The van der Waals surface area contributed by atoms with Crippen LogP contribution in [0.25, 0.3) is 0 Å². The van der Waals surface area contributed by atoms with Gasteiger partial charge in [0.1, 0.15) is 17.6 Å². The lowest BCUT2D eigenvalue weighted by Gasteiger charge is -2.08. The molecule has 100 valence electrons. The number of carbonyl (C=O) groups excluding carboxylic acids is 1. The van der Waals surface area contributed by atoms with Crippen molar-refractivity contribution in [1.29, 1.82) is 5.26 Å². The van der Waals surface area contributed by atoms with E-state index in [1.165, 1.54) is 7.11 Å². The quantitative estimate of drug-likeness (QED) is 0.799. The summed E-state index contributed by atoms with van der Waals surface area (Å²) in [5, 5.41) is 9.17. The standard InChI is InChI=1S/C16H13NO3/c1-19-16(18)10-12-7-8-15(13(9-12)11-17)20-14-5-3-2-4-6-14/h2-9H,10H2,1H3. The van der Waals surface area contributed by atoms with E-state index < -0.39 is 0 Å². The van der Waals surface area contributed by atoms with Gasteiger partial charge in [0.05, 0.1) is 19.1 Å². The summed E-state index contributed by atoms with van der Waals surface area (Å²) in [4.78, 5) is 11.2. The molecule has 2 aromatic rings. The van der Waals surface area contributed by atoms with E-state index in [-0.39, 0.29) is 12.4 Å². The number of esters is 1. The Morgan fingerprint density at radius 3 is 2.60 bits per heavy atom. The van der Waals surface area contributed by atoms with Crippen molar-refractivity contribution < 1.29 is 14.3 Å². The number of benzene rings is 2. The van der Waals surface area contributed by atoms with Crippen molar-refractivity contribution in [3.63, 3.8) is 0 Å². The van der Waals surface area contributed by atoms with E-state index in [0.717, 1.165) is 0 Å². The van der Waals surface area contributed by atoms with Crippen LogP contribution < -0.4 is 4.74 Å². The van der Waals surface area contributed by atoms with Gasteiger partial charge < -0.3 is 9.47 Å². The van der Waals surface area contributed by atoms with Crippen LogP contribution in [-0.4, -0.2) is 13.1 Å². The van der Waals surface area contributed by atoms with Crippen LogP contribution in [0.2, 0.25) is 0 Å². The van der Waals surface area contributed by atoms with Gasteiger partial charge in [0.2, 0.25) is 0 Å². The highest BCUT2D eigenvalue weighted by Crippen LogP contribution is 2.25. The zero-order chi connectivity index (χ0) is 14.4. The molecule has 0 bridgehead atoms. The van der Waals surface area contributed by atoms with Crippen LogP contribution in [-0.2, 0) is 16.0 Å². The Bertz CT molecular complexity index is 645. The number of methoxy groups -OCH3 is 1. The molecular weight excluding hydrogens is 254 g/mol. The van der Waals surface area contributed by atoms with Gasteiger partial charge in [-0.15, -0.1) is 0 Å². The largest absolute Gasteiger partial charge is 0.469 e. The third kappa shape index (κ3) is 3.36. The monoisotopic (exact) mass is 267 g/mol. The van der Waals surface area contributed by atoms with Gasteiger partial charge in [-0.2, -0.15) is 5.26 Å². The summed E-state index contributed by atoms with van der Waals surface area (Å²) in [5.41, 5.74) is 1.10. The molecule has 20 heavy (non-hydrogen) atoms. The second-order valence-corrected chi connectivity index (χ2v) is 4.11. The highest BCUT2D eigenvalue weighted by atomic mass is 16.5. The molecule has 2 rings (SSSR count). The lowest BCUT2D eigenvalue weighted by molar-refractivity contribution is -0.139. The summed E-state index contributed by atoms with van der Waals surface area (Å²) in [6.07, 6.45) is 0.136. The van der Waals surface area contributed by atoms with Crippen molar-refractivity contribution in [2.24, 2.45) is 0 Å². The highest BCUT2D eigenvalue weighted by Gasteiger charge is 2.09. The van der Waals surface area contributed by atoms with Crippen molar-refractivity contribution in [2.45, 2.75) is 6.42 Å². The smallest absolute Gasteiger partial charge is 0.309 e. The summed E-state index contributed by atoms with van der Waals surface area (Å²) >= 11 is 0. The first-order valence-electron chi connectivity index (χ1n) is 6.05. The normalized spacial score (nSPS) is 9.60. The third-order valence-corrected chi connectivity index (χ3v) is 2.71. The van der Waals surface area contributed by atoms with Crippen LogP contribution in [0.3, 0.4) is 0 Å². The van der Waals surface area contributed by atoms with E-state index in [0.29, 0.717) is 22.6 Å². The number of rotatable bonds is 4. The molecule has 0 amide bonds. The number of ether oxygens (including phenoxy) is 2. The van der Waals surface area contributed by atoms with Gasteiger partial charge in [-0.05, 0) is 29.8 Å². The van der Waals surface area contributed by atoms with Crippen molar-refractivity contribution >= 4 is 5.97 Å². The SMILES string of the molecule is COC(=O)Cc1ccc(Oc2ccccc2)c(C#N)c1. The molecular formula is C16H13NO3. The van der Waals surface area contributed by atoms with Gasteiger partial charge in [0.15, 0.2) is 0 Å². The zero-order valence-corrected chi connectivity index (χ0v) is 11.0. The van der Waals surface area contributed by atoms with Gasteiger partial charge >= 0.3 is 5.97 Å². The first-order valence-corrected chi connectivity index (χ1v) is 6.05. The molecule has 0 aromatic heterocycles. The van der Waals surface area contributed by atoms with Crippen molar-refractivity contribution in [3.05, 3.63) is 59.7 Å². The molecule has 0 aliphatic carbocycles. The Morgan fingerprint density at radius 2 is 1.95 bits per heavy atom. The minimum Gasteiger partial charge on any atom is -0.469 e. The van der Waals surface area contributed by atoms with Crippen LogP contribution in [0.1, 0.15) is 11.1 Å². The van der Waals surface area contributed by atoms with Crippen molar-refractivity contribution in [3.8, 4) is 17.6 Å². The number of hydrogen-bond acceptors (Lipinski definition) is 4. The second-order valence-electron chi connectivity index (χ2n) is 4.11. The maximum atomic E-state index is 11.2. The van der Waals surface area contributed by atoms with E-state index in [1.807, 2.05) is 30.3 Å². The van der Waals surface area contributed by atoms with Gasteiger partial charge in [-0.1, -0.05) is 24.3 Å². The Morgan fingerprint density at radius 1 is 1.20 bits per heavy atom. The highest BCUT2D eigenvalue weighted by molar-refractivity contribution is 5.72. The van der Waals surface area contributed by atoms with E-state index in [4.69, 9.17) is 10.00 Å². The van der Waals surface area contributed by atoms with E-state index in [1.54, 1.807) is 18.2 Å². The summed E-state index contributed by atoms with van der Waals surface area (Å²) in [5.74, 6) is 0.780. The second kappa shape index (κ2) is 6.39. The average Bonchev–Trinajstić information content (AvgIpc) is 2.49. The fourth-order valence-corrected chi connectivity index (χ4v) is 1.72.